The van der Waals surface area contributed by atoms with Crippen LogP contribution in [0, 0.1) is 0 Å². The number of rotatable bonds is 4. The van der Waals surface area contributed by atoms with Crippen LogP contribution in [0.4, 0.5) is 0 Å². The van der Waals surface area contributed by atoms with Crippen molar-refractivity contribution in [3.63, 3.8) is 0 Å². The van der Waals surface area contributed by atoms with Crippen molar-refractivity contribution in [3.8, 4) is 0 Å². The number of nitrogens with one attached hydrogen (secondary N) is 1. The second kappa shape index (κ2) is 3.82. The minimum Gasteiger partial charge on any atom is -0.480 e. The van der Waals surface area contributed by atoms with Crippen molar-refractivity contribution in [2.75, 3.05) is 0 Å². The summed E-state index contributed by atoms with van der Waals surface area (Å²) < 4.78 is 4.65. The minimum absolute atomic E-state index is 0.271. The summed E-state index contributed by atoms with van der Waals surface area (Å²) in [5.74, 6) is -0.530. The lowest BCUT2D eigenvalue weighted by atomic mass is 10.3. The molecule has 0 aliphatic rings. The molecular weight excluding hydrogens is 162 g/mol. The normalized spacial score (nSPS) is 12.8. The fourth-order valence-corrected chi connectivity index (χ4v) is 0.602. The van der Waals surface area contributed by atoms with Crippen LogP contribution in [0.1, 0.15) is 12.8 Å². The van der Waals surface area contributed by atoms with E-state index < -0.39 is 12.0 Å². The average molecular weight is 171 g/mol. The summed E-state index contributed by atoms with van der Waals surface area (Å²) in [6, 6.07) is -0.614. The number of carboxylic acid groups (broad SMARTS) is 1. The van der Waals surface area contributed by atoms with Crippen molar-refractivity contribution < 1.29 is 14.4 Å². The third-order valence-corrected chi connectivity index (χ3v) is 1.34. The number of aromatic nitrogens is 2. The number of hydrogen-bond acceptors (Lipinski definition) is 5. The highest BCUT2D eigenvalue weighted by atomic mass is 16.5. The van der Waals surface area contributed by atoms with E-state index in [4.69, 9.17) is 5.11 Å². The number of carboxylic acids is 1. The van der Waals surface area contributed by atoms with E-state index in [9.17, 15) is 4.79 Å². The predicted octanol–water partition coefficient (Wildman–Crippen LogP) is -0.368. The van der Waals surface area contributed by atoms with E-state index in [1.165, 1.54) is 6.33 Å². The molecular formula is C6H9N3O3. The minimum atomic E-state index is -0.908. The Labute approximate surface area is 68.6 Å². The molecule has 1 aromatic heterocycles. The molecule has 12 heavy (non-hydrogen) atoms. The van der Waals surface area contributed by atoms with E-state index >= 15 is 0 Å². The van der Waals surface area contributed by atoms with Gasteiger partial charge in [-0.1, -0.05) is 5.16 Å². The van der Waals surface area contributed by atoms with Crippen LogP contribution in [-0.4, -0.2) is 27.3 Å². The molecule has 0 fully saturated rings. The first-order valence-electron chi connectivity index (χ1n) is 3.42. The predicted molar refractivity (Wildman–Crippen MR) is 38.2 cm³/mol. The molecule has 6 heteroatoms. The van der Waals surface area contributed by atoms with Crippen molar-refractivity contribution in [2.45, 2.75) is 19.5 Å². The Kier molecular flexibility index (Phi) is 2.76. The van der Waals surface area contributed by atoms with Crippen molar-refractivity contribution in [3.05, 3.63) is 12.2 Å². The molecule has 66 valence electrons. The monoisotopic (exact) mass is 171 g/mol. The van der Waals surface area contributed by atoms with Crippen LogP contribution in [0.15, 0.2) is 10.9 Å². The van der Waals surface area contributed by atoms with Gasteiger partial charge in [0.25, 0.3) is 0 Å². The largest absolute Gasteiger partial charge is 0.480 e. The van der Waals surface area contributed by atoms with Gasteiger partial charge >= 0.3 is 5.97 Å². The fraction of sp³-hybridized carbons (Fsp3) is 0.500. The molecule has 0 unspecified atom stereocenters. The molecule has 0 aliphatic carbocycles. The molecule has 1 atom stereocenters. The quantitative estimate of drug-likeness (QED) is 0.642. The lowest BCUT2D eigenvalue weighted by molar-refractivity contribution is -0.139. The molecule has 0 saturated carbocycles. The smallest absolute Gasteiger partial charge is 0.320 e. The zero-order chi connectivity index (χ0) is 8.97. The maximum Gasteiger partial charge on any atom is 0.320 e. The molecule has 2 N–H and O–H groups in total. The Balaban J connectivity index is 2.31. The maximum atomic E-state index is 10.3. The molecule has 0 amide bonds. The Morgan fingerprint density at radius 3 is 3.17 bits per heavy atom. The van der Waals surface area contributed by atoms with Gasteiger partial charge in [0.15, 0.2) is 6.33 Å². The summed E-state index contributed by atoms with van der Waals surface area (Å²) >= 11 is 0. The molecule has 0 bridgehead atoms. The Bertz CT molecular complexity index is 247. The van der Waals surface area contributed by atoms with Gasteiger partial charge < -0.3 is 9.63 Å². The SMILES string of the molecule is C[C@H](NCc1ncno1)C(=O)O. The van der Waals surface area contributed by atoms with Gasteiger partial charge in [0, 0.05) is 0 Å². The highest BCUT2D eigenvalue weighted by Crippen LogP contribution is 1.91. The van der Waals surface area contributed by atoms with Crippen LogP contribution in [0.5, 0.6) is 0 Å². The van der Waals surface area contributed by atoms with E-state index in [1.54, 1.807) is 6.92 Å². The number of carbonyl (C=O) groups is 1. The Morgan fingerprint density at radius 2 is 2.67 bits per heavy atom. The zero-order valence-electron chi connectivity index (χ0n) is 6.52. The molecule has 1 aromatic rings. The van der Waals surface area contributed by atoms with Gasteiger partial charge in [-0.25, -0.2) is 0 Å². The summed E-state index contributed by atoms with van der Waals surface area (Å²) in [6.45, 7) is 1.81. The van der Waals surface area contributed by atoms with Gasteiger partial charge in [-0.15, -0.1) is 0 Å². The van der Waals surface area contributed by atoms with Gasteiger partial charge in [0.05, 0.1) is 6.54 Å². The van der Waals surface area contributed by atoms with Crippen LogP contribution in [0.25, 0.3) is 0 Å². The second-order valence-electron chi connectivity index (χ2n) is 2.28. The molecule has 1 rings (SSSR count). The van der Waals surface area contributed by atoms with Gasteiger partial charge in [-0.2, -0.15) is 4.98 Å². The third kappa shape index (κ3) is 2.31. The Hall–Kier alpha value is -1.43. The van der Waals surface area contributed by atoms with Crippen molar-refractivity contribution in [2.24, 2.45) is 0 Å². The van der Waals surface area contributed by atoms with Gasteiger partial charge in [-0.05, 0) is 6.92 Å². The van der Waals surface area contributed by atoms with Gasteiger partial charge in [0.1, 0.15) is 6.04 Å². The highest BCUT2D eigenvalue weighted by molar-refractivity contribution is 5.72. The molecule has 6 nitrogen and oxygen atoms in total. The summed E-state index contributed by atoms with van der Waals surface area (Å²) in [4.78, 5) is 14.0. The van der Waals surface area contributed by atoms with E-state index in [0.717, 1.165) is 0 Å². The van der Waals surface area contributed by atoms with Crippen LogP contribution in [0.2, 0.25) is 0 Å². The maximum absolute atomic E-state index is 10.3. The molecule has 0 aliphatic heterocycles. The van der Waals surface area contributed by atoms with Crippen LogP contribution < -0.4 is 5.32 Å². The first-order valence-corrected chi connectivity index (χ1v) is 3.42. The lowest BCUT2D eigenvalue weighted by Gasteiger charge is -2.04. The third-order valence-electron chi connectivity index (χ3n) is 1.34. The second-order valence-corrected chi connectivity index (χ2v) is 2.28. The van der Waals surface area contributed by atoms with Crippen LogP contribution in [-0.2, 0) is 11.3 Å². The van der Waals surface area contributed by atoms with Gasteiger partial charge in [0.2, 0.25) is 5.89 Å². The number of hydrogen-bond donors (Lipinski definition) is 2. The summed E-state index contributed by atoms with van der Waals surface area (Å²) in [5.41, 5.74) is 0. The molecule has 1 heterocycles. The van der Waals surface area contributed by atoms with E-state index in [0.29, 0.717) is 5.89 Å². The average Bonchev–Trinajstić information content (AvgIpc) is 2.51. The van der Waals surface area contributed by atoms with E-state index in [2.05, 4.69) is 20.0 Å². The number of nitrogens with zero attached hydrogens (tertiary/aromatic N) is 2. The van der Waals surface area contributed by atoms with E-state index in [1.807, 2.05) is 0 Å². The molecule has 0 aromatic carbocycles. The number of aliphatic carboxylic acids is 1. The molecule has 0 radical (unpaired) electrons. The summed E-state index contributed by atoms with van der Waals surface area (Å²) in [5, 5.41) is 14.5. The first kappa shape index (κ1) is 8.66. The lowest BCUT2D eigenvalue weighted by Crippen LogP contribution is -2.33. The van der Waals surface area contributed by atoms with E-state index in [-0.39, 0.29) is 6.54 Å². The van der Waals surface area contributed by atoms with Crippen LogP contribution >= 0.6 is 0 Å². The molecule has 0 saturated heterocycles. The van der Waals surface area contributed by atoms with Crippen molar-refractivity contribution >= 4 is 5.97 Å². The summed E-state index contributed by atoms with van der Waals surface area (Å²) in [7, 11) is 0. The summed E-state index contributed by atoms with van der Waals surface area (Å²) in [6.07, 6.45) is 1.27. The van der Waals surface area contributed by atoms with Gasteiger partial charge in [-0.3, -0.25) is 10.1 Å². The van der Waals surface area contributed by atoms with Crippen molar-refractivity contribution in [1.82, 2.24) is 15.5 Å². The van der Waals surface area contributed by atoms with Crippen molar-refractivity contribution in [1.29, 1.82) is 0 Å². The fourth-order valence-electron chi connectivity index (χ4n) is 0.602. The first-order chi connectivity index (χ1) is 5.70. The molecule has 0 spiro atoms. The zero-order valence-corrected chi connectivity index (χ0v) is 6.52. The topological polar surface area (TPSA) is 88.3 Å². The standard InChI is InChI=1S/C6H9N3O3/c1-4(6(10)11)7-2-5-8-3-9-12-5/h3-4,7H,2H2,1H3,(H,10,11)/t4-/m0/s1. The highest BCUT2D eigenvalue weighted by Gasteiger charge is 2.10. The Morgan fingerprint density at radius 1 is 1.92 bits per heavy atom. The van der Waals surface area contributed by atoms with Crippen LogP contribution in [0.3, 0.4) is 0 Å².